The molecule has 10 nitrogen and oxygen atoms in total. The van der Waals surface area contributed by atoms with Crippen molar-refractivity contribution in [2.75, 3.05) is 39.6 Å². The van der Waals surface area contributed by atoms with E-state index < -0.39 is 0 Å². The van der Waals surface area contributed by atoms with E-state index >= 15 is 0 Å². The van der Waals surface area contributed by atoms with Gasteiger partial charge in [0.1, 0.15) is 12.4 Å². The molecule has 224 valence electrons. The fourth-order valence-corrected chi connectivity index (χ4v) is 4.29. The van der Waals surface area contributed by atoms with Crippen LogP contribution >= 0.6 is 0 Å². The Labute approximate surface area is 239 Å². The van der Waals surface area contributed by atoms with Crippen LogP contribution in [0.25, 0.3) is 11.4 Å². The number of hydrogen-bond acceptors (Lipinski definition) is 8. The largest absolute Gasteiger partial charge is 0.494 e. The number of aromatic nitrogens is 4. The van der Waals surface area contributed by atoms with E-state index in [1.165, 1.54) is 71.1 Å². The van der Waals surface area contributed by atoms with Gasteiger partial charge in [-0.2, -0.15) is 5.21 Å². The Hall–Kier alpha value is -2.85. The summed E-state index contributed by atoms with van der Waals surface area (Å²) in [5.41, 5.74) is 0.920. The SMILES string of the molecule is CC(=O)COCCOCCNC(=O)CCCCCCCCCCCCCCCOc1ccc(-c2nn[nH]n2)cc1. The highest BCUT2D eigenvalue weighted by molar-refractivity contribution is 5.76. The van der Waals surface area contributed by atoms with Crippen LogP contribution in [0.5, 0.6) is 5.75 Å². The second-order valence-electron chi connectivity index (χ2n) is 10.2. The first-order valence-electron chi connectivity index (χ1n) is 15.0. The molecule has 0 bridgehead atoms. The van der Waals surface area contributed by atoms with Gasteiger partial charge in [-0.15, -0.1) is 10.2 Å². The van der Waals surface area contributed by atoms with Gasteiger partial charge in [0.05, 0.1) is 26.4 Å². The van der Waals surface area contributed by atoms with Crippen molar-refractivity contribution in [2.24, 2.45) is 0 Å². The van der Waals surface area contributed by atoms with Crippen LogP contribution in [0, 0.1) is 0 Å². The molecule has 1 heterocycles. The molecule has 0 fully saturated rings. The van der Waals surface area contributed by atoms with Gasteiger partial charge in [-0.3, -0.25) is 9.59 Å². The third-order valence-electron chi connectivity index (χ3n) is 6.52. The van der Waals surface area contributed by atoms with Crippen LogP contribution in [0.15, 0.2) is 24.3 Å². The van der Waals surface area contributed by atoms with Crippen LogP contribution in [0.4, 0.5) is 0 Å². The molecule has 0 aliphatic rings. The number of benzene rings is 1. The Balaban J connectivity index is 1.25. The summed E-state index contributed by atoms with van der Waals surface area (Å²) in [6, 6.07) is 7.79. The summed E-state index contributed by atoms with van der Waals surface area (Å²) < 4.78 is 16.3. The van der Waals surface area contributed by atoms with E-state index in [9.17, 15) is 9.59 Å². The molecule has 1 amide bonds. The highest BCUT2D eigenvalue weighted by atomic mass is 16.5. The van der Waals surface area contributed by atoms with Gasteiger partial charge in [0.25, 0.3) is 0 Å². The molecule has 0 spiro atoms. The minimum Gasteiger partial charge on any atom is -0.494 e. The number of unbranched alkanes of at least 4 members (excludes halogenated alkanes) is 12. The Morgan fingerprint density at radius 2 is 1.35 bits per heavy atom. The molecule has 0 aliphatic carbocycles. The lowest BCUT2D eigenvalue weighted by Crippen LogP contribution is -2.27. The van der Waals surface area contributed by atoms with Crippen molar-refractivity contribution in [3.8, 4) is 17.1 Å². The predicted molar refractivity (Wildman–Crippen MR) is 155 cm³/mol. The third-order valence-corrected chi connectivity index (χ3v) is 6.52. The smallest absolute Gasteiger partial charge is 0.220 e. The number of Topliss-reactive ketones (excluding diaryl/α,β-unsaturated/α-hetero) is 1. The molecule has 2 aromatic rings. The first-order chi connectivity index (χ1) is 19.6. The number of carbonyl (C=O) groups excluding carboxylic acids is 2. The van der Waals surface area contributed by atoms with Crippen LogP contribution in [-0.4, -0.2) is 71.9 Å². The number of hydrogen-bond donors (Lipinski definition) is 2. The van der Waals surface area contributed by atoms with E-state index in [1.54, 1.807) is 0 Å². The number of aromatic amines is 1. The highest BCUT2D eigenvalue weighted by Crippen LogP contribution is 2.19. The number of ether oxygens (including phenoxy) is 3. The summed E-state index contributed by atoms with van der Waals surface area (Å²) in [4.78, 5) is 22.6. The van der Waals surface area contributed by atoms with Crippen molar-refractivity contribution in [3.63, 3.8) is 0 Å². The molecule has 2 rings (SSSR count). The molecule has 0 atom stereocenters. The predicted octanol–water partition coefficient (Wildman–Crippen LogP) is 5.45. The van der Waals surface area contributed by atoms with Crippen LogP contribution in [-0.2, 0) is 19.1 Å². The summed E-state index contributed by atoms with van der Waals surface area (Å²) in [5, 5.41) is 16.9. The first kappa shape index (κ1) is 33.4. The molecular formula is C30H49N5O5. The van der Waals surface area contributed by atoms with Crippen molar-refractivity contribution in [1.29, 1.82) is 0 Å². The van der Waals surface area contributed by atoms with Gasteiger partial charge in [-0.05, 0) is 49.2 Å². The average Bonchev–Trinajstić information content (AvgIpc) is 3.49. The summed E-state index contributed by atoms with van der Waals surface area (Å²) in [5.74, 6) is 1.57. The Morgan fingerprint density at radius 1 is 0.750 bits per heavy atom. The number of carbonyl (C=O) groups is 2. The van der Waals surface area contributed by atoms with Crippen molar-refractivity contribution >= 4 is 11.7 Å². The van der Waals surface area contributed by atoms with Crippen LogP contribution in [0.2, 0.25) is 0 Å². The Morgan fingerprint density at radius 3 is 1.95 bits per heavy atom. The molecule has 2 N–H and O–H groups in total. The Bertz CT molecular complexity index is 892. The van der Waals surface area contributed by atoms with Gasteiger partial charge < -0.3 is 19.5 Å². The molecule has 40 heavy (non-hydrogen) atoms. The zero-order valence-corrected chi connectivity index (χ0v) is 24.3. The van der Waals surface area contributed by atoms with Gasteiger partial charge in [0.2, 0.25) is 11.7 Å². The maximum atomic E-state index is 11.8. The summed E-state index contributed by atoms with van der Waals surface area (Å²) in [6.07, 6.45) is 16.6. The maximum Gasteiger partial charge on any atom is 0.220 e. The van der Waals surface area contributed by atoms with E-state index in [4.69, 9.17) is 14.2 Å². The van der Waals surface area contributed by atoms with E-state index in [-0.39, 0.29) is 18.3 Å². The second kappa shape index (κ2) is 22.9. The van der Waals surface area contributed by atoms with Gasteiger partial charge >= 0.3 is 0 Å². The fourth-order valence-electron chi connectivity index (χ4n) is 4.29. The second-order valence-corrected chi connectivity index (χ2v) is 10.2. The van der Waals surface area contributed by atoms with Gasteiger partial charge in [-0.25, -0.2) is 0 Å². The third kappa shape index (κ3) is 17.7. The average molecular weight is 560 g/mol. The summed E-state index contributed by atoms with van der Waals surface area (Å²) >= 11 is 0. The van der Waals surface area contributed by atoms with Crippen LogP contribution < -0.4 is 10.1 Å². The van der Waals surface area contributed by atoms with Crippen molar-refractivity contribution < 1.29 is 23.8 Å². The molecular weight excluding hydrogens is 510 g/mol. The number of ketones is 1. The molecule has 0 saturated carbocycles. The number of amides is 1. The number of tetrazole rings is 1. The molecule has 1 aromatic carbocycles. The maximum absolute atomic E-state index is 11.8. The monoisotopic (exact) mass is 559 g/mol. The number of H-pyrrole nitrogens is 1. The molecule has 0 radical (unpaired) electrons. The minimum atomic E-state index is 0.00614. The lowest BCUT2D eigenvalue weighted by atomic mass is 10.0. The van der Waals surface area contributed by atoms with Gasteiger partial charge in [-0.1, -0.05) is 70.6 Å². The van der Waals surface area contributed by atoms with Gasteiger partial charge in [0, 0.05) is 18.5 Å². The number of nitrogens with one attached hydrogen (secondary N) is 2. The van der Waals surface area contributed by atoms with Gasteiger partial charge in [0.15, 0.2) is 5.78 Å². The van der Waals surface area contributed by atoms with E-state index in [1.807, 2.05) is 24.3 Å². The summed E-state index contributed by atoms with van der Waals surface area (Å²) in [7, 11) is 0. The van der Waals surface area contributed by atoms with Crippen molar-refractivity contribution in [2.45, 2.75) is 96.8 Å². The highest BCUT2D eigenvalue weighted by Gasteiger charge is 2.03. The molecule has 0 aliphatic heterocycles. The summed E-state index contributed by atoms with van der Waals surface area (Å²) in [6.45, 7) is 4.18. The normalized spacial score (nSPS) is 11.0. The van der Waals surface area contributed by atoms with E-state index in [0.29, 0.717) is 38.6 Å². The fraction of sp³-hybridized carbons (Fsp3) is 0.700. The van der Waals surface area contributed by atoms with Crippen LogP contribution in [0.1, 0.15) is 96.8 Å². The first-order valence-corrected chi connectivity index (χ1v) is 15.0. The van der Waals surface area contributed by atoms with Crippen LogP contribution in [0.3, 0.4) is 0 Å². The molecule has 0 saturated heterocycles. The zero-order valence-electron chi connectivity index (χ0n) is 24.3. The Kier molecular flexibility index (Phi) is 19.1. The topological polar surface area (TPSA) is 128 Å². The van der Waals surface area contributed by atoms with Crippen molar-refractivity contribution in [1.82, 2.24) is 25.9 Å². The zero-order chi connectivity index (χ0) is 28.5. The lowest BCUT2D eigenvalue weighted by molar-refractivity contribution is -0.123. The number of nitrogens with zero attached hydrogens (tertiary/aromatic N) is 3. The number of rotatable bonds is 26. The lowest BCUT2D eigenvalue weighted by Gasteiger charge is -2.07. The molecule has 1 aromatic heterocycles. The standard InChI is InChI=1S/C30H49N5O5/c1-26(36)25-39-24-23-38-22-20-31-29(37)15-13-11-9-7-5-3-2-4-6-8-10-12-14-21-40-28-18-16-27(17-19-28)30-32-34-35-33-30/h16-19H,2-15,20-25H2,1H3,(H,31,37)(H,32,33,34,35). The van der Waals surface area contributed by atoms with E-state index in [2.05, 4.69) is 25.9 Å². The molecule has 10 heteroatoms. The van der Waals surface area contributed by atoms with Crippen molar-refractivity contribution in [3.05, 3.63) is 24.3 Å². The van der Waals surface area contributed by atoms with E-state index in [0.717, 1.165) is 37.2 Å². The minimum absolute atomic E-state index is 0.00614. The molecule has 0 unspecified atom stereocenters. The quantitative estimate of drug-likeness (QED) is 0.146.